The van der Waals surface area contributed by atoms with E-state index in [1.807, 2.05) is 6.08 Å². The molecule has 0 aliphatic heterocycles. The lowest BCUT2D eigenvalue weighted by Crippen LogP contribution is -2.45. The third-order valence-corrected chi connectivity index (χ3v) is 8.43. The number of carbonyl (C=O) groups excluding carboxylic acids is 1. The van der Waals surface area contributed by atoms with E-state index in [0.717, 1.165) is 38.5 Å². The molecule has 0 bridgehead atoms. The minimum atomic E-state index is -0.841. The summed E-state index contributed by atoms with van der Waals surface area (Å²) in [7, 11) is 0. The predicted octanol–water partition coefficient (Wildman–Crippen LogP) is 10.9. The van der Waals surface area contributed by atoms with Crippen molar-refractivity contribution in [1.82, 2.24) is 5.32 Å². The average molecular weight is 592 g/mol. The Morgan fingerprint density at radius 1 is 0.548 bits per heavy atom. The lowest BCUT2D eigenvalue weighted by Gasteiger charge is -2.19. The topological polar surface area (TPSA) is 69.6 Å². The summed E-state index contributed by atoms with van der Waals surface area (Å²) in [5, 5.41) is 22.9. The van der Waals surface area contributed by atoms with Crippen molar-refractivity contribution in [2.24, 2.45) is 0 Å². The highest BCUT2D eigenvalue weighted by atomic mass is 16.3. The third-order valence-electron chi connectivity index (χ3n) is 8.43. The fraction of sp³-hybridized carbons (Fsp3) is 0.868. The molecule has 0 saturated carbocycles. The van der Waals surface area contributed by atoms with Gasteiger partial charge in [-0.1, -0.05) is 167 Å². The van der Waals surface area contributed by atoms with Gasteiger partial charge in [0, 0.05) is 6.42 Å². The molecule has 0 aromatic carbocycles. The van der Waals surface area contributed by atoms with E-state index in [9.17, 15) is 15.0 Å². The lowest BCUT2D eigenvalue weighted by molar-refractivity contribution is -0.123. The van der Waals surface area contributed by atoms with Gasteiger partial charge in [0.05, 0.1) is 18.8 Å². The highest BCUT2D eigenvalue weighted by Gasteiger charge is 2.17. The number of carbonyl (C=O) groups is 1. The first kappa shape index (κ1) is 40.9. The van der Waals surface area contributed by atoms with Crippen LogP contribution in [0.5, 0.6) is 0 Å². The normalized spacial score (nSPS) is 13.3. The molecule has 0 aliphatic rings. The number of amides is 1. The molecular weight excluding hydrogens is 518 g/mol. The van der Waals surface area contributed by atoms with E-state index >= 15 is 0 Å². The Morgan fingerprint density at radius 3 is 1.31 bits per heavy atom. The second kappa shape index (κ2) is 34.4. The Morgan fingerprint density at radius 2 is 0.905 bits per heavy atom. The molecule has 4 nitrogen and oxygen atoms in total. The molecule has 2 atom stereocenters. The van der Waals surface area contributed by atoms with Crippen LogP contribution in [-0.4, -0.2) is 34.9 Å². The zero-order chi connectivity index (χ0) is 30.8. The van der Waals surface area contributed by atoms with Crippen molar-refractivity contribution < 1.29 is 15.0 Å². The maximum Gasteiger partial charge on any atom is 0.220 e. The van der Waals surface area contributed by atoms with Crippen molar-refractivity contribution >= 4 is 5.91 Å². The van der Waals surface area contributed by atoms with Crippen LogP contribution in [0, 0.1) is 0 Å². The summed E-state index contributed by atoms with van der Waals surface area (Å²) in [5.74, 6) is -0.0810. The molecular formula is C38H73NO3. The van der Waals surface area contributed by atoms with Crippen molar-refractivity contribution in [3.63, 3.8) is 0 Å². The van der Waals surface area contributed by atoms with Crippen molar-refractivity contribution in [2.45, 2.75) is 206 Å². The Kier molecular flexibility index (Phi) is 33.4. The maximum absolute atomic E-state index is 12.3. The SMILES string of the molecule is CCCCCCCC/C=C\CCCCCC(=O)NC(CO)C(O)/C=C/CCCCCCCCCCCCCCCCC. The van der Waals surface area contributed by atoms with Crippen LogP contribution in [0.2, 0.25) is 0 Å². The number of nitrogens with one attached hydrogen (secondary N) is 1. The molecule has 0 aromatic heterocycles. The Hall–Kier alpha value is -1.13. The van der Waals surface area contributed by atoms with Crippen LogP contribution in [0.4, 0.5) is 0 Å². The number of unbranched alkanes of at least 4 members (excludes halogenated alkanes) is 24. The van der Waals surface area contributed by atoms with Gasteiger partial charge in [0.15, 0.2) is 0 Å². The third kappa shape index (κ3) is 30.3. The van der Waals surface area contributed by atoms with Gasteiger partial charge in [0.2, 0.25) is 5.91 Å². The van der Waals surface area contributed by atoms with Crippen molar-refractivity contribution in [3.8, 4) is 0 Å². The van der Waals surface area contributed by atoms with Crippen molar-refractivity contribution in [3.05, 3.63) is 24.3 Å². The summed E-state index contributed by atoms with van der Waals surface area (Å²) in [6.45, 7) is 4.29. The summed E-state index contributed by atoms with van der Waals surface area (Å²) in [6, 6.07) is -0.625. The smallest absolute Gasteiger partial charge is 0.220 e. The molecule has 0 aliphatic carbocycles. The number of allylic oxidation sites excluding steroid dienone is 3. The fourth-order valence-electron chi connectivity index (χ4n) is 5.52. The van der Waals surface area contributed by atoms with E-state index in [1.54, 1.807) is 6.08 Å². The molecule has 4 heteroatoms. The molecule has 0 radical (unpaired) electrons. The van der Waals surface area contributed by atoms with Gasteiger partial charge in [-0.25, -0.2) is 0 Å². The van der Waals surface area contributed by atoms with Gasteiger partial charge >= 0.3 is 0 Å². The summed E-state index contributed by atoms with van der Waals surface area (Å²) in [5.41, 5.74) is 0. The molecule has 248 valence electrons. The molecule has 3 N–H and O–H groups in total. The van der Waals surface area contributed by atoms with E-state index in [1.165, 1.54) is 135 Å². The molecule has 0 rings (SSSR count). The molecule has 1 amide bonds. The highest BCUT2D eigenvalue weighted by molar-refractivity contribution is 5.76. The predicted molar refractivity (Wildman–Crippen MR) is 184 cm³/mol. The number of aliphatic hydroxyl groups excluding tert-OH is 2. The second-order valence-corrected chi connectivity index (χ2v) is 12.6. The van der Waals surface area contributed by atoms with E-state index in [-0.39, 0.29) is 12.5 Å². The van der Waals surface area contributed by atoms with Gasteiger partial charge < -0.3 is 15.5 Å². The fourth-order valence-corrected chi connectivity index (χ4v) is 5.52. The van der Waals surface area contributed by atoms with E-state index < -0.39 is 12.1 Å². The minimum absolute atomic E-state index is 0.0810. The van der Waals surface area contributed by atoms with E-state index in [0.29, 0.717) is 6.42 Å². The van der Waals surface area contributed by atoms with Gasteiger partial charge in [-0.15, -0.1) is 0 Å². The number of rotatable bonds is 33. The average Bonchev–Trinajstić information content (AvgIpc) is 2.99. The monoisotopic (exact) mass is 592 g/mol. The highest BCUT2D eigenvalue weighted by Crippen LogP contribution is 2.14. The molecule has 42 heavy (non-hydrogen) atoms. The van der Waals surface area contributed by atoms with Crippen LogP contribution in [0.3, 0.4) is 0 Å². The molecule has 0 fully saturated rings. The molecule has 0 spiro atoms. The van der Waals surface area contributed by atoms with Crippen molar-refractivity contribution in [2.75, 3.05) is 6.61 Å². The zero-order valence-electron chi connectivity index (χ0n) is 28.3. The Bertz CT molecular complexity index is 603. The summed E-state index contributed by atoms with van der Waals surface area (Å²) >= 11 is 0. The molecule has 0 heterocycles. The number of aliphatic hydroxyl groups is 2. The number of hydrogen-bond acceptors (Lipinski definition) is 3. The largest absolute Gasteiger partial charge is 0.394 e. The molecule has 2 unspecified atom stereocenters. The van der Waals surface area contributed by atoms with Crippen molar-refractivity contribution in [1.29, 1.82) is 0 Å². The summed E-state index contributed by atoms with van der Waals surface area (Å²) in [4.78, 5) is 12.3. The van der Waals surface area contributed by atoms with Crippen LogP contribution in [0.1, 0.15) is 194 Å². The minimum Gasteiger partial charge on any atom is -0.394 e. The Balaban J connectivity index is 3.63. The van der Waals surface area contributed by atoms with Gasteiger partial charge in [-0.2, -0.15) is 0 Å². The standard InChI is InChI=1S/C38H73NO3/c1-3-5-7-9-11-13-15-17-18-19-20-22-23-25-27-29-31-33-37(41)36(35-40)39-38(42)34-32-30-28-26-24-21-16-14-12-10-8-6-4-2/h21,24,31,33,36-37,40-41H,3-20,22-23,25-30,32,34-35H2,1-2H3,(H,39,42)/b24-21-,33-31+. The van der Waals surface area contributed by atoms with Gasteiger partial charge in [0.1, 0.15) is 0 Å². The van der Waals surface area contributed by atoms with E-state index in [2.05, 4.69) is 31.3 Å². The van der Waals surface area contributed by atoms with Gasteiger partial charge in [-0.05, 0) is 44.9 Å². The molecule has 0 aromatic rings. The molecule has 0 saturated heterocycles. The Labute approximate surface area is 262 Å². The first-order chi connectivity index (χ1) is 20.7. The van der Waals surface area contributed by atoms with Crippen LogP contribution >= 0.6 is 0 Å². The van der Waals surface area contributed by atoms with Crippen LogP contribution in [0.15, 0.2) is 24.3 Å². The quantitative estimate of drug-likeness (QED) is 0.0525. The van der Waals surface area contributed by atoms with Crippen LogP contribution in [-0.2, 0) is 4.79 Å². The number of hydrogen-bond donors (Lipinski definition) is 3. The van der Waals surface area contributed by atoms with Crippen LogP contribution in [0.25, 0.3) is 0 Å². The van der Waals surface area contributed by atoms with E-state index in [4.69, 9.17) is 0 Å². The first-order valence-corrected chi connectivity index (χ1v) is 18.6. The second-order valence-electron chi connectivity index (χ2n) is 12.6. The van der Waals surface area contributed by atoms with Gasteiger partial charge in [0.25, 0.3) is 0 Å². The maximum atomic E-state index is 12.3. The summed E-state index contributed by atoms with van der Waals surface area (Å²) < 4.78 is 0. The van der Waals surface area contributed by atoms with Crippen LogP contribution < -0.4 is 5.32 Å². The summed E-state index contributed by atoms with van der Waals surface area (Å²) in [6.07, 6.45) is 42.6. The first-order valence-electron chi connectivity index (χ1n) is 18.6. The zero-order valence-corrected chi connectivity index (χ0v) is 28.3. The lowest BCUT2D eigenvalue weighted by atomic mass is 10.0. The van der Waals surface area contributed by atoms with Gasteiger partial charge in [-0.3, -0.25) is 4.79 Å².